The number of benzene rings is 1. The number of likely N-dealkylation sites (tertiary alicyclic amines) is 1. The number of hydrogen-bond donors (Lipinski definition) is 1. The van der Waals surface area contributed by atoms with Crippen LogP contribution in [0.2, 0.25) is 0 Å². The fourth-order valence-electron chi connectivity index (χ4n) is 8.60. The van der Waals surface area contributed by atoms with Gasteiger partial charge in [-0.3, -0.25) is 9.69 Å². The maximum Gasteiger partial charge on any atom is 0.410 e. The number of carbonyl (C=O) groups is 3. The van der Waals surface area contributed by atoms with Gasteiger partial charge in [0.25, 0.3) is 0 Å². The minimum atomic E-state index is -0.479. The van der Waals surface area contributed by atoms with Crippen LogP contribution in [0.5, 0.6) is 0 Å². The summed E-state index contributed by atoms with van der Waals surface area (Å²) in [6, 6.07) is 9.13. The van der Waals surface area contributed by atoms with Gasteiger partial charge in [0.15, 0.2) is 0 Å². The first kappa shape index (κ1) is 30.1. The number of fused-ring (bicyclic) bond motifs is 4. The molecule has 2 spiro atoms. The standard InChI is InChI=1S/C20H25NO4.C12H19NO2.ClH/c1-2-24-18(22)17-15-8-9-20(10-11-20)16(15)12-21(17)19(23)25-13-14-6-4-3-5-7-14;1-2-15-11(14)10-8-3-4-12(5-6-12)9(8)7-13-10;/h3-7,15-17H,2,8-13H2,1H3;8-10,13H,2-7H2,1H3;1H/t15-,16-,17-;8-,9-,10-;/m00./s1. The highest BCUT2D eigenvalue weighted by atomic mass is 35.5. The Balaban J connectivity index is 0.000000180. The molecule has 2 saturated heterocycles. The van der Waals surface area contributed by atoms with Crippen molar-refractivity contribution in [2.45, 2.75) is 83.9 Å². The molecule has 2 heterocycles. The van der Waals surface area contributed by atoms with Crippen molar-refractivity contribution in [1.29, 1.82) is 0 Å². The van der Waals surface area contributed by atoms with E-state index in [-0.39, 0.29) is 42.9 Å². The number of halogens is 1. The van der Waals surface area contributed by atoms with Crippen molar-refractivity contribution >= 4 is 30.4 Å². The molecule has 6 atom stereocenters. The first-order valence-electron chi connectivity index (χ1n) is 15.5. The average molecular weight is 589 g/mol. The van der Waals surface area contributed by atoms with Gasteiger partial charge in [0.05, 0.1) is 13.2 Å². The van der Waals surface area contributed by atoms with E-state index in [4.69, 9.17) is 14.2 Å². The Morgan fingerprint density at radius 1 is 0.829 bits per heavy atom. The van der Waals surface area contributed by atoms with Gasteiger partial charge in [-0.15, -0.1) is 12.4 Å². The molecule has 0 aromatic heterocycles. The van der Waals surface area contributed by atoms with Crippen LogP contribution in [0, 0.1) is 34.5 Å². The first-order chi connectivity index (χ1) is 19.4. The lowest BCUT2D eigenvalue weighted by Gasteiger charge is -2.25. The number of carbonyl (C=O) groups excluding carboxylic acids is 3. The largest absolute Gasteiger partial charge is 0.465 e. The second-order valence-corrected chi connectivity index (χ2v) is 12.9. The molecular formula is C32H45ClN2O6. The highest BCUT2D eigenvalue weighted by Gasteiger charge is 2.64. The van der Waals surface area contributed by atoms with Gasteiger partial charge in [0.1, 0.15) is 18.7 Å². The lowest BCUT2D eigenvalue weighted by atomic mass is 9.87. The summed E-state index contributed by atoms with van der Waals surface area (Å²) in [4.78, 5) is 38.6. The van der Waals surface area contributed by atoms with E-state index in [0.29, 0.717) is 42.4 Å². The monoisotopic (exact) mass is 588 g/mol. The molecule has 4 saturated carbocycles. The van der Waals surface area contributed by atoms with Crippen LogP contribution in [0.4, 0.5) is 4.79 Å². The Bertz CT molecular complexity index is 1110. The Kier molecular flexibility index (Phi) is 8.91. The molecule has 1 amide bonds. The molecule has 0 unspecified atom stereocenters. The number of hydrogen-bond acceptors (Lipinski definition) is 7. The Hall–Kier alpha value is -2.32. The average Bonchev–Trinajstić information content (AvgIpc) is 3.72. The third-order valence-corrected chi connectivity index (χ3v) is 11.0. The third kappa shape index (κ3) is 5.71. The van der Waals surface area contributed by atoms with Crippen molar-refractivity contribution in [3.63, 3.8) is 0 Å². The van der Waals surface area contributed by atoms with Crippen molar-refractivity contribution in [3.8, 4) is 0 Å². The van der Waals surface area contributed by atoms with Crippen LogP contribution in [-0.4, -0.2) is 61.3 Å². The molecule has 7 rings (SSSR count). The molecule has 6 aliphatic rings. The highest BCUT2D eigenvalue weighted by Crippen LogP contribution is 2.66. The van der Waals surface area contributed by atoms with Gasteiger partial charge in [0, 0.05) is 6.54 Å². The quantitative estimate of drug-likeness (QED) is 0.364. The topological polar surface area (TPSA) is 94.2 Å². The van der Waals surface area contributed by atoms with Gasteiger partial charge in [-0.05, 0) is 112 Å². The van der Waals surface area contributed by atoms with Crippen LogP contribution in [0.1, 0.15) is 70.8 Å². The summed E-state index contributed by atoms with van der Waals surface area (Å²) >= 11 is 0. The highest BCUT2D eigenvalue weighted by molar-refractivity contribution is 5.85. The molecule has 0 radical (unpaired) electrons. The fourth-order valence-corrected chi connectivity index (χ4v) is 8.60. The molecule has 226 valence electrons. The lowest BCUT2D eigenvalue weighted by molar-refractivity contribution is -0.149. The number of amides is 1. The van der Waals surface area contributed by atoms with Crippen molar-refractivity contribution in [2.24, 2.45) is 34.5 Å². The molecule has 2 aliphatic heterocycles. The van der Waals surface area contributed by atoms with Gasteiger partial charge < -0.3 is 19.5 Å². The lowest BCUT2D eigenvalue weighted by Crippen LogP contribution is -2.44. The summed E-state index contributed by atoms with van der Waals surface area (Å²) < 4.78 is 15.9. The van der Waals surface area contributed by atoms with Crippen LogP contribution < -0.4 is 5.32 Å². The molecule has 8 nitrogen and oxygen atoms in total. The maximum absolute atomic E-state index is 12.7. The molecule has 4 aliphatic carbocycles. The van der Waals surface area contributed by atoms with Crippen LogP contribution >= 0.6 is 12.4 Å². The Morgan fingerprint density at radius 3 is 2.07 bits per heavy atom. The second-order valence-electron chi connectivity index (χ2n) is 12.9. The minimum absolute atomic E-state index is 0. The van der Waals surface area contributed by atoms with Gasteiger partial charge in [-0.2, -0.15) is 0 Å². The van der Waals surface area contributed by atoms with E-state index in [2.05, 4.69) is 5.32 Å². The molecule has 1 N–H and O–H groups in total. The van der Waals surface area contributed by atoms with Crippen LogP contribution in [0.3, 0.4) is 0 Å². The maximum atomic E-state index is 12.7. The normalized spacial score (nSPS) is 32.3. The van der Waals surface area contributed by atoms with E-state index in [1.54, 1.807) is 11.8 Å². The summed E-state index contributed by atoms with van der Waals surface area (Å²) in [5.41, 5.74) is 1.96. The summed E-state index contributed by atoms with van der Waals surface area (Å²) in [7, 11) is 0. The van der Waals surface area contributed by atoms with E-state index in [1.165, 1.54) is 44.9 Å². The smallest absolute Gasteiger partial charge is 0.410 e. The van der Waals surface area contributed by atoms with E-state index in [1.807, 2.05) is 37.3 Å². The molecule has 1 aromatic carbocycles. The molecule has 41 heavy (non-hydrogen) atoms. The fraction of sp³-hybridized carbons (Fsp3) is 0.719. The van der Waals surface area contributed by atoms with Crippen molar-refractivity contribution in [2.75, 3.05) is 26.3 Å². The zero-order chi connectivity index (χ0) is 27.9. The van der Waals surface area contributed by atoms with Crippen LogP contribution in [-0.2, 0) is 30.4 Å². The summed E-state index contributed by atoms with van der Waals surface area (Å²) in [6.45, 7) is 6.41. The number of ether oxygens (including phenoxy) is 3. The van der Waals surface area contributed by atoms with E-state index in [9.17, 15) is 14.4 Å². The molecule has 0 bridgehead atoms. The summed E-state index contributed by atoms with van der Waals surface area (Å²) in [5.74, 6) is 1.67. The molecule has 9 heteroatoms. The zero-order valence-electron chi connectivity index (χ0n) is 24.3. The number of nitrogens with one attached hydrogen (secondary N) is 1. The SMILES string of the molecule is CCOC(=O)[C@@H]1[C@H]2CCC3(CC3)[C@H]2CN1C(=O)OCc1ccccc1.CCOC(=O)[C@H]1NC[C@H]2[C@@H]1CCC21CC1.Cl. The van der Waals surface area contributed by atoms with Crippen LogP contribution in [0.15, 0.2) is 30.3 Å². The zero-order valence-corrected chi connectivity index (χ0v) is 25.2. The van der Waals surface area contributed by atoms with E-state index >= 15 is 0 Å². The van der Waals surface area contributed by atoms with Gasteiger partial charge in [-0.25, -0.2) is 9.59 Å². The number of nitrogens with zero attached hydrogens (tertiary/aromatic N) is 1. The van der Waals surface area contributed by atoms with Gasteiger partial charge in [-0.1, -0.05) is 30.3 Å². The second kappa shape index (κ2) is 12.1. The number of rotatable bonds is 6. The Labute approximate surface area is 249 Å². The predicted octanol–water partition coefficient (Wildman–Crippen LogP) is 5.13. The van der Waals surface area contributed by atoms with Gasteiger partial charge in [0.2, 0.25) is 0 Å². The van der Waals surface area contributed by atoms with E-state index < -0.39 is 12.1 Å². The predicted molar refractivity (Wildman–Crippen MR) is 155 cm³/mol. The minimum Gasteiger partial charge on any atom is -0.465 e. The van der Waals surface area contributed by atoms with Crippen molar-refractivity contribution in [3.05, 3.63) is 35.9 Å². The first-order valence-corrected chi connectivity index (χ1v) is 15.5. The summed E-state index contributed by atoms with van der Waals surface area (Å²) in [5, 5.41) is 3.36. The number of esters is 2. The van der Waals surface area contributed by atoms with Crippen LogP contribution in [0.25, 0.3) is 0 Å². The van der Waals surface area contributed by atoms with E-state index in [0.717, 1.165) is 24.4 Å². The molecular weight excluding hydrogens is 544 g/mol. The summed E-state index contributed by atoms with van der Waals surface area (Å²) in [6.07, 6.45) is 9.62. The van der Waals surface area contributed by atoms with Crippen molar-refractivity contribution in [1.82, 2.24) is 10.2 Å². The molecule has 6 fully saturated rings. The van der Waals surface area contributed by atoms with Crippen molar-refractivity contribution < 1.29 is 28.6 Å². The molecule has 1 aromatic rings. The van der Waals surface area contributed by atoms with Gasteiger partial charge >= 0.3 is 18.0 Å². The third-order valence-electron chi connectivity index (χ3n) is 11.0. The Morgan fingerprint density at radius 2 is 1.44 bits per heavy atom.